The molecule has 1 aromatic heterocycles. The van der Waals surface area contributed by atoms with Gasteiger partial charge in [0.25, 0.3) is 11.8 Å². The number of anilines is 2. The zero-order chi connectivity index (χ0) is 23.7. The summed E-state index contributed by atoms with van der Waals surface area (Å²) in [6.45, 7) is 4.68. The fourth-order valence-corrected chi connectivity index (χ4v) is 5.26. The van der Waals surface area contributed by atoms with E-state index in [9.17, 15) is 14.4 Å². The van der Waals surface area contributed by atoms with Crippen LogP contribution in [-0.2, 0) is 18.8 Å². The van der Waals surface area contributed by atoms with Gasteiger partial charge in [-0.1, -0.05) is 12.1 Å². The zero-order valence-corrected chi connectivity index (χ0v) is 19.3. The number of benzene rings is 3. The lowest BCUT2D eigenvalue weighted by Gasteiger charge is -2.32. The third-order valence-corrected chi connectivity index (χ3v) is 7.07. The summed E-state index contributed by atoms with van der Waals surface area (Å²) in [6.07, 6.45) is 0. The molecule has 0 radical (unpaired) electrons. The molecule has 3 aromatic carbocycles. The van der Waals surface area contributed by atoms with E-state index in [0.29, 0.717) is 40.9 Å². The van der Waals surface area contributed by atoms with Crippen molar-refractivity contribution in [2.75, 3.05) is 36.1 Å². The van der Waals surface area contributed by atoms with Crippen molar-refractivity contribution in [2.45, 2.75) is 6.92 Å². The minimum absolute atomic E-state index is 0.159. The molecule has 8 heteroatoms. The van der Waals surface area contributed by atoms with Gasteiger partial charge in [-0.15, -0.1) is 0 Å². The van der Waals surface area contributed by atoms with Crippen molar-refractivity contribution >= 4 is 45.0 Å². The van der Waals surface area contributed by atoms with Gasteiger partial charge in [0.15, 0.2) is 0 Å². The van der Waals surface area contributed by atoms with E-state index in [2.05, 4.69) is 4.90 Å². The van der Waals surface area contributed by atoms with E-state index in [1.165, 1.54) is 9.47 Å². The number of ether oxygens (including phenoxy) is 1. The quantitative estimate of drug-likeness (QED) is 0.434. The van der Waals surface area contributed by atoms with Crippen LogP contribution < -0.4 is 15.5 Å². The van der Waals surface area contributed by atoms with E-state index in [0.717, 1.165) is 35.2 Å². The number of amides is 2. The predicted octanol–water partition coefficient (Wildman–Crippen LogP) is 2.98. The summed E-state index contributed by atoms with van der Waals surface area (Å²) >= 11 is 0. The molecule has 0 aliphatic carbocycles. The van der Waals surface area contributed by atoms with Crippen molar-refractivity contribution in [3.8, 4) is 0 Å². The lowest BCUT2D eigenvalue weighted by Crippen LogP contribution is -2.41. The number of nitrogens with zero attached hydrogens (tertiary/aromatic N) is 4. The number of rotatable bonds is 2. The molecule has 6 rings (SSSR count). The van der Waals surface area contributed by atoms with Gasteiger partial charge in [0, 0.05) is 54.8 Å². The molecule has 2 aliphatic heterocycles. The van der Waals surface area contributed by atoms with Crippen LogP contribution in [0.25, 0.3) is 21.8 Å². The van der Waals surface area contributed by atoms with Crippen molar-refractivity contribution in [3.63, 3.8) is 0 Å². The van der Waals surface area contributed by atoms with Gasteiger partial charge in [-0.25, -0.2) is 9.69 Å². The first kappa shape index (κ1) is 20.7. The first-order chi connectivity index (χ1) is 16.4. The van der Waals surface area contributed by atoms with Gasteiger partial charge in [-0.05, 0) is 42.8 Å². The van der Waals surface area contributed by atoms with Crippen molar-refractivity contribution in [2.24, 2.45) is 14.1 Å². The summed E-state index contributed by atoms with van der Waals surface area (Å²) < 4.78 is 8.58. The number of morpholine rings is 1. The summed E-state index contributed by atoms with van der Waals surface area (Å²) in [5.74, 6) is -0.712. The third kappa shape index (κ3) is 2.72. The van der Waals surface area contributed by atoms with Gasteiger partial charge in [0.1, 0.15) is 0 Å². The normalized spacial score (nSPS) is 16.2. The van der Waals surface area contributed by atoms with Gasteiger partial charge in [-0.3, -0.25) is 18.7 Å². The van der Waals surface area contributed by atoms with Crippen molar-refractivity contribution in [1.82, 2.24) is 9.13 Å². The summed E-state index contributed by atoms with van der Waals surface area (Å²) in [5.41, 5.74) is 4.51. The molecule has 2 aliphatic rings. The van der Waals surface area contributed by atoms with Crippen LogP contribution in [0.2, 0.25) is 0 Å². The molecule has 34 heavy (non-hydrogen) atoms. The Morgan fingerprint density at radius 1 is 0.794 bits per heavy atom. The molecule has 0 N–H and O–H groups in total. The van der Waals surface area contributed by atoms with Gasteiger partial charge in [0.05, 0.1) is 29.9 Å². The minimum Gasteiger partial charge on any atom is -0.378 e. The Bertz CT molecular complexity index is 1570. The van der Waals surface area contributed by atoms with Crippen LogP contribution in [0.5, 0.6) is 0 Å². The van der Waals surface area contributed by atoms with Crippen LogP contribution in [-0.4, -0.2) is 47.3 Å². The summed E-state index contributed by atoms with van der Waals surface area (Å²) in [5, 5.41) is 1.60. The van der Waals surface area contributed by atoms with Crippen LogP contribution >= 0.6 is 0 Å². The molecule has 0 unspecified atom stereocenters. The average Bonchev–Trinajstić information content (AvgIpc) is 3.06. The number of aryl methyl sites for hydroxylation is 3. The molecule has 1 saturated heterocycles. The fourth-order valence-electron chi connectivity index (χ4n) is 5.26. The highest BCUT2D eigenvalue weighted by Gasteiger charge is 2.36. The van der Waals surface area contributed by atoms with Gasteiger partial charge < -0.3 is 9.64 Å². The monoisotopic (exact) mass is 456 g/mol. The number of hydrogen-bond acceptors (Lipinski definition) is 5. The molecular formula is C26H24N4O4. The number of carbonyl (C=O) groups is 2. The topological polar surface area (TPSA) is 76.8 Å². The molecule has 8 nitrogen and oxygen atoms in total. The highest BCUT2D eigenvalue weighted by atomic mass is 16.5. The Balaban J connectivity index is 1.54. The number of fused-ring (bicyclic) bond motifs is 1. The maximum Gasteiger partial charge on any atom is 0.328 e. The number of imide groups is 1. The minimum atomic E-state index is -0.356. The second kappa shape index (κ2) is 7.30. The Kier molecular flexibility index (Phi) is 4.44. The average molecular weight is 457 g/mol. The van der Waals surface area contributed by atoms with E-state index in [1.54, 1.807) is 30.8 Å². The maximum absolute atomic E-state index is 13.7. The Morgan fingerprint density at radius 3 is 2.15 bits per heavy atom. The van der Waals surface area contributed by atoms with E-state index in [1.807, 2.05) is 37.3 Å². The molecule has 0 atom stereocenters. The second-order valence-corrected chi connectivity index (χ2v) is 8.93. The van der Waals surface area contributed by atoms with E-state index >= 15 is 0 Å². The molecule has 0 saturated carbocycles. The number of aromatic nitrogens is 2. The second-order valence-electron chi connectivity index (χ2n) is 8.93. The Hall–Kier alpha value is -3.91. The van der Waals surface area contributed by atoms with Gasteiger partial charge in [0.2, 0.25) is 0 Å². The van der Waals surface area contributed by atoms with Gasteiger partial charge in [-0.2, -0.15) is 0 Å². The number of carbonyl (C=O) groups excluding carboxylic acids is 2. The highest BCUT2D eigenvalue weighted by Crippen LogP contribution is 2.39. The first-order valence-corrected chi connectivity index (χ1v) is 11.3. The summed E-state index contributed by atoms with van der Waals surface area (Å²) in [6, 6.07) is 13.0. The molecule has 0 bridgehead atoms. The van der Waals surface area contributed by atoms with E-state index < -0.39 is 0 Å². The summed E-state index contributed by atoms with van der Waals surface area (Å²) in [4.78, 5) is 43.4. The smallest absolute Gasteiger partial charge is 0.328 e. The highest BCUT2D eigenvalue weighted by molar-refractivity contribution is 6.36. The van der Waals surface area contributed by atoms with E-state index in [4.69, 9.17) is 4.74 Å². The fraction of sp³-hybridized carbons (Fsp3) is 0.269. The molecule has 3 heterocycles. The van der Waals surface area contributed by atoms with Crippen LogP contribution in [0, 0.1) is 6.92 Å². The van der Waals surface area contributed by atoms with Crippen molar-refractivity contribution in [1.29, 1.82) is 0 Å². The molecular weight excluding hydrogens is 432 g/mol. The van der Waals surface area contributed by atoms with Crippen molar-refractivity contribution < 1.29 is 14.3 Å². The summed E-state index contributed by atoms with van der Waals surface area (Å²) in [7, 11) is 3.40. The lowest BCUT2D eigenvalue weighted by molar-refractivity contribution is 0.0893. The molecule has 0 spiro atoms. The molecule has 172 valence electrons. The van der Waals surface area contributed by atoms with Crippen molar-refractivity contribution in [3.05, 3.63) is 69.6 Å². The Labute approximate surface area is 195 Å². The molecule has 1 fully saturated rings. The van der Waals surface area contributed by atoms with Gasteiger partial charge >= 0.3 is 5.69 Å². The number of hydrogen-bond donors (Lipinski definition) is 0. The first-order valence-electron chi connectivity index (χ1n) is 11.3. The van der Waals surface area contributed by atoms with Crippen LogP contribution in [0.3, 0.4) is 0 Å². The number of imidazole rings is 1. The van der Waals surface area contributed by atoms with Crippen LogP contribution in [0.15, 0.2) is 47.3 Å². The zero-order valence-electron chi connectivity index (χ0n) is 19.3. The maximum atomic E-state index is 13.7. The largest absolute Gasteiger partial charge is 0.378 e. The Morgan fingerprint density at radius 2 is 1.44 bits per heavy atom. The molecule has 2 amide bonds. The lowest BCUT2D eigenvalue weighted by atomic mass is 9.92. The van der Waals surface area contributed by atoms with E-state index in [-0.39, 0.29) is 17.5 Å². The van der Waals surface area contributed by atoms with Crippen LogP contribution in [0.4, 0.5) is 11.4 Å². The molecule has 4 aromatic rings. The SMILES string of the molecule is Cc1cc2c(cc1N1C(=O)c3cccc4c(N5CCOCC5)ccc(c34)C1=O)n(C)c(=O)n2C. The predicted molar refractivity (Wildman–Crippen MR) is 131 cm³/mol. The standard InChI is InChI=1S/C26H24N4O4/c1-15-13-21-22(28(3)26(33)27(21)2)14-20(15)30-24(31)17-6-4-5-16-19(29-9-11-34-12-10-29)8-7-18(23(16)17)25(30)32/h4-8,13-14H,9-12H2,1-3H3. The van der Waals surface area contributed by atoms with Crippen LogP contribution in [0.1, 0.15) is 26.3 Å². The third-order valence-electron chi connectivity index (χ3n) is 7.07.